The van der Waals surface area contributed by atoms with E-state index in [1.165, 1.54) is 19.0 Å². The van der Waals surface area contributed by atoms with E-state index >= 15 is 0 Å². The number of aliphatic hydroxyl groups is 3. The Kier molecular flexibility index (Phi) is 6.48. The summed E-state index contributed by atoms with van der Waals surface area (Å²) in [6, 6.07) is -1.24. The number of ketones is 3. The number of likely N-dealkylation sites (N-methyl/N-ethyl adjacent to an activating group) is 1. The number of phenolic OH excluding ortho intramolecular Hbond substituents is 1. The molecule has 40 heavy (non-hydrogen) atoms. The van der Waals surface area contributed by atoms with Gasteiger partial charge in [0.2, 0.25) is 5.78 Å². The number of nitrogens with zero attached hydrogens (tertiary/aromatic N) is 2. The molecule has 0 bridgehead atoms. The molecule has 12 heteroatoms. The van der Waals surface area contributed by atoms with Gasteiger partial charge in [0.15, 0.2) is 17.2 Å². The molecule has 1 saturated carbocycles. The molecular formula is C28H31F3N2O7. The molecule has 4 N–H and O–H groups in total. The van der Waals surface area contributed by atoms with Crippen LogP contribution in [0.1, 0.15) is 54.5 Å². The number of hydrogen-bond donors (Lipinski definition) is 4. The summed E-state index contributed by atoms with van der Waals surface area (Å²) in [4.78, 5) is 42.6. The summed E-state index contributed by atoms with van der Waals surface area (Å²) >= 11 is 0. The van der Waals surface area contributed by atoms with Crippen LogP contribution >= 0.6 is 0 Å². The summed E-state index contributed by atoms with van der Waals surface area (Å²) in [5.74, 6) is -7.86. The highest BCUT2D eigenvalue weighted by atomic mass is 19.4. The van der Waals surface area contributed by atoms with Crippen molar-refractivity contribution < 1.29 is 48.0 Å². The van der Waals surface area contributed by atoms with E-state index in [1.54, 1.807) is 4.90 Å². The molecule has 0 saturated heterocycles. The van der Waals surface area contributed by atoms with Gasteiger partial charge >= 0.3 is 6.18 Å². The van der Waals surface area contributed by atoms with Crippen molar-refractivity contribution >= 4 is 23.1 Å². The van der Waals surface area contributed by atoms with Crippen molar-refractivity contribution in [3.63, 3.8) is 0 Å². The van der Waals surface area contributed by atoms with Gasteiger partial charge in [-0.15, -0.1) is 0 Å². The van der Waals surface area contributed by atoms with Gasteiger partial charge in [-0.1, -0.05) is 6.92 Å². The Morgan fingerprint density at radius 1 is 1.10 bits per heavy atom. The minimum atomic E-state index is -4.83. The maximum absolute atomic E-state index is 14.6. The number of carbonyl (C=O) groups excluding carboxylic acids is 3. The van der Waals surface area contributed by atoms with Gasteiger partial charge in [0.25, 0.3) is 0 Å². The number of carbonyl (C=O) groups is 3. The lowest BCUT2D eigenvalue weighted by atomic mass is 9.57. The van der Waals surface area contributed by atoms with Crippen molar-refractivity contribution in [2.24, 2.45) is 11.8 Å². The van der Waals surface area contributed by atoms with Crippen LogP contribution in [0.5, 0.6) is 5.75 Å². The van der Waals surface area contributed by atoms with Crippen LogP contribution in [-0.4, -0.2) is 79.9 Å². The molecule has 1 aromatic rings. The molecule has 5 rings (SSSR count). The Morgan fingerprint density at radius 3 is 2.27 bits per heavy atom. The van der Waals surface area contributed by atoms with Crippen molar-refractivity contribution in [2.75, 3.05) is 20.6 Å². The third-order valence-corrected chi connectivity index (χ3v) is 8.80. The number of aliphatic hydroxyl groups excluding tert-OH is 2. The minimum absolute atomic E-state index is 0.0162. The van der Waals surface area contributed by atoms with Crippen LogP contribution in [0.4, 0.5) is 13.2 Å². The first-order chi connectivity index (χ1) is 18.6. The normalized spacial score (nSPS) is 28.6. The summed E-state index contributed by atoms with van der Waals surface area (Å²) in [5.41, 5.74) is -5.84. The molecule has 9 nitrogen and oxygen atoms in total. The number of aromatic hydroxyl groups is 1. The molecule has 0 spiro atoms. The smallest absolute Gasteiger partial charge is 0.417 e. The Balaban J connectivity index is 1.77. The number of fused-ring (bicyclic) bond motifs is 4. The highest BCUT2D eigenvalue weighted by Crippen LogP contribution is 2.56. The Morgan fingerprint density at radius 2 is 1.73 bits per heavy atom. The number of benzene rings is 1. The number of hydrogen-bond acceptors (Lipinski definition) is 9. The zero-order valence-corrected chi connectivity index (χ0v) is 22.5. The minimum Gasteiger partial charge on any atom is -0.508 e. The molecule has 3 aliphatic carbocycles. The Hall–Kier alpha value is -3.22. The summed E-state index contributed by atoms with van der Waals surface area (Å²) in [6.45, 7) is 3.36. The largest absolute Gasteiger partial charge is 0.508 e. The van der Waals surface area contributed by atoms with E-state index in [0.29, 0.717) is 13.0 Å². The van der Waals surface area contributed by atoms with Crippen molar-refractivity contribution in [3.8, 4) is 5.75 Å². The number of halogens is 3. The quantitative estimate of drug-likeness (QED) is 0.407. The number of Topliss-reactive ketones (excluding diaryl/α,β-unsaturated/α-hetero) is 3. The second kappa shape index (κ2) is 9.15. The third kappa shape index (κ3) is 3.68. The fourth-order valence-electron chi connectivity index (χ4n) is 7.25. The first kappa shape index (κ1) is 28.3. The van der Waals surface area contributed by atoms with Gasteiger partial charge < -0.3 is 20.4 Å². The van der Waals surface area contributed by atoms with Crippen molar-refractivity contribution in [1.82, 2.24) is 9.80 Å². The van der Waals surface area contributed by atoms with Gasteiger partial charge in [-0.3, -0.25) is 24.2 Å². The predicted molar refractivity (Wildman–Crippen MR) is 135 cm³/mol. The Bertz CT molecular complexity index is 1430. The number of alkyl halides is 3. The average molecular weight is 565 g/mol. The lowest BCUT2D eigenvalue weighted by Crippen LogP contribution is -2.65. The van der Waals surface area contributed by atoms with Crippen LogP contribution in [0.2, 0.25) is 0 Å². The van der Waals surface area contributed by atoms with Gasteiger partial charge in [-0.25, -0.2) is 0 Å². The molecule has 0 radical (unpaired) electrons. The second-order valence-corrected chi connectivity index (χ2v) is 11.4. The maximum Gasteiger partial charge on any atom is 0.417 e. The van der Waals surface area contributed by atoms with E-state index in [4.69, 9.17) is 0 Å². The Labute approximate surface area is 228 Å². The summed E-state index contributed by atoms with van der Waals surface area (Å²) < 4.78 is 43.8. The van der Waals surface area contributed by atoms with Gasteiger partial charge in [0, 0.05) is 30.1 Å². The van der Waals surface area contributed by atoms with Crippen molar-refractivity contribution in [2.45, 2.75) is 64.0 Å². The van der Waals surface area contributed by atoms with Crippen molar-refractivity contribution in [3.05, 3.63) is 44.7 Å². The first-order valence-electron chi connectivity index (χ1n) is 13.1. The molecule has 1 aromatic carbocycles. The molecule has 0 amide bonds. The molecule has 1 fully saturated rings. The lowest BCUT2D eigenvalue weighted by molar-refractivity contribution is -0.153. The van der Waals surface area contributed by atoms with E-state index in [2.05, 4.69) is 0 Å². The summed E-state index contributed by atoms with van der Waals surface area (Å²) in [7, 11) is 2.97. The third-order valence-electron chi connectivity index (χ3n) is 8.80. The second-order valence-electron chi connectivity index (χ2n) is 11.4. The van der Waals surface area contributed by atoms with E-state index < -0.39 is 93.0 Å². The fourth-order valence-corrected chi connectivity index (χ4v) is 7.25. The van der Waals surface area contributed by atoms with Gasteiger partial charge in [-0.05, 0) is 63.9 Å². The molecule has 4 atom stereocenters. The van der Waals surface area contributed by atoms with Crippen LogP contribution in [0.3, 0.4) is 0 Å². The van der Waals surface area contributed by atoms with Crippen LogP contribution in [0, 0.1) is 11.8 Å². The van der Waals surface area contributed by atoms with E-state index in [9.17, 15) is 48.0 Å². The molecular weight excluding hydrogens is 533 g/mol. The van der Waals surface area contributed by atoms with Gasteiger partial charge in [0.1, 0.15) is 22.8 Å². The topological polar surface area (TPSA) is 139 Å². The SMILES string of the molecule is CCCN1Cc2c(O)c3c(c(C(F)(F)F)c2C1)C[C@H]1C[C@H]2[C@H](N(C)C)C(=O)C(C(C)=O)=C(O)[C@@]2(O)C(=O)C1=C3O. The number of phenols is 1. The highest BCUT2D eigenvalue weighted by Gasteiger charge is 2.64. The molecule has 4 aliphatic rings. The number of rotatable bonds is 4. The lowest BCUT2D eigenvalue weighted by Gasteiger charge is -2.50. The zero-order chi connectivity index (χ0) is 29.6. The van der Waals surface area contributed by atoms with Crippen molar-refractivity contribution in [1.29, 1.82) is 0 Å². The molecule has 0 aromatic heterocycles. The summed E-state index contributed by atoms with van der Waals surface area (Å²) in [5, 5.41) is 45.2. The van der Waals surface area contributed by atoms with Crippen LogP contribution in [-0.2, 0) is 40.1 Å². The van der Waals surface area contributed by atoms with E-state index in [1.807, 2.05) is 6.92 Å². The van der Waals surface area contributed by atoms with Crippen LogP contribution in [0.15, 0.2) is 16.9 Å². The molecule has 216 valence electrons. The first-order valence-corrected chi connectivity index (χ1v) is 13.1. The van der Waals surface area contributed by atoms with Gasteiger partial charge in [0.05, 0.1) is 17.2 Å². The van der Waals surface area contributed by atoms with Crippen LogP contribution in [0.25, 0.3) is 5.76 Å². The van der Waals surface area contributed by atoms with Crippen LogP contribution < -0.4 is 0 Å². The summed E-state index contributed by atoms with van der Waals surface area (Å²) in [6.07, 6.45) is -4.80. The van der Waals surface area contributed by atoms with E-state index in [0.717, 1.165) is 6.92 Å². The predicted octanol–water partition coefficient (Wildman–Crippen LogP) is 2.81. The zero-order valence-electron chi connectivity index (χ0n) is 22.5. The molecule has 1 aliphatic heterocycles. The fraction of sp³-hybridized carbons (Fsp3) is 0.536. The standard InChI is InChI=1S/C28H31F3N2O7/c1-5-6-33-9-14-15(10-33)22(35)19-13(20(14)28(29,30)31)7-12-8-16-21(32(3)4)24(37)17(11(2)34)25(38)27(16,40)26(39)18(12)23(19)36/h12,16,21,35-36,38,40H,5-10H2,1-4H3/t12-,16-,21-,27+/m0/s1. The maximum atomic E-state index is 14.6. The van der Waals surface area contributed by atoms with Gasteiger partial charge in [-0.2, -0.15) is 13.2 Å². The molecule has 0 unspecified atom stereocenters. The monoisotopic (exact) mass is 564 g/mol. The molecule has 1 heterocycles. The average Bonchev–Trinajstić information content (AvgIpc) is 3.24. The van der Waals surface area contributed by atoms with E-state index in [-0.39, 0.29) is 36.2 Å². The highest BCUT2D eigenvalue weighted by molar-refractivity contribution is 6.25.